The summed E-state index contributed by atoms with van der Waals surface area (Å²) in [5, 5.41) is 4.96. The van der Waals surface area contributed by atoms with Crippen molar-refractivity contribution in [1.29, 1.82) is 0 Å². The third-order valence-electron chi connectivity index (χ3n) is 6.65. The van der Waals surface area contributed by atoms with Crippen molar-refractivity contribution in [3.05, 3.63) is 33.4 Å². The van der Waals surface area contributed by atoms with Gasteiger partial charge < -0.3 is 0 Å². The number of rotatable bonds is 0. The van der Waals surface area contributed by atoms with Crippen molar-refractivity contribution >= 4 is 54.9 Å². The molecular formula is C18H18S5. The molecule has 0 aromatic heterocycles. The molecule has 1 aromatic rings. The lowest BCUT2D eigenvalue weighted by atomic mass is 9.71. The lowest BCUT2D eigenvalue weighted by Crippen LogP contribution is -2.27. The largest absolute Gasteiger partial charge is 0.146 e. The van der Waals surface area contributed by atoms with Crippen LogP contribution in [0.1, 0.15) is 103 Å². The zero-order chi connectivity index (χ0) is 14.7. The molecule has 0 amide bonds. The van der Waals surface area contributed by atoms with Gasteiger partial charge in [-0.2, -0.15) is 0 Å². The van der Waals surface area contributed by atoms with Crippen molar-refractivity contribution in [3.8, 4) is 0 Å². The predicted molar refractivity (Wildman–Crippen MR) is 109 cm³/mol. The average molecular weight is 395 g/mol. The molecular weight excluding hydrogens is 377 g/mol. The van der Waals surface area contributed by atoms with E-state index in [0.29, 0.717) is 0 Å². The van der Waals surface area contributed by atoms with E-state index in [1.807, 2.05) is 33.4 Å². The zero-order valence-electron chi connectivity index (χ0n) is 12.7. The van der Waals surface area contributed by atoms with Gasteiger partial charge in [-0.3, -0.25) is 0 Å². The Bertz CT molecular complexity index is 679. The van der Waals surface area contributed by atoms with Gasteiger partial charge in [0.1, 0.15) is 0 Å². The third-order valence-corrected chi connectivity index (χ3v) is 14.7. The second-order valence-electron chi connectivity index (χ2n) is 7.67. The fraction of sp³-hybridized carbons (Fsp3) is 0.667. The molecule has 5 heteroatoms. The van der Waals surface area contributed by atoms with Crippen LogP contribution in [0.3, 0.4) is 0 Å². The molecule has 0 radical (unpaired) electrons. The van der Waals surface area contributed by atoms with Crippen LogP contribution < -0.4 is 0 Å². The second kappa shape index (κ2) is 4.82. The summed E-state index contributed by atoms with van der Waals surface area (Å²) >= 11 is 2.35. The van der Waals surface area contributed by atoms with Gasteiger partial charge in [-0.25, -0.2) is 0 Å². The molecule has 3 aliphatic carbocycles. The maximum Gasteiger partial charge on any atom is 0.0408 e. The molecule has 7 rings (SSSR count). The molecule has 0 saturated heterocycles. The van der Waals surface area contributed by atoms with Crippen LogP contribution in [0, 0.1) is 0 Å². The van der Waals surface area contributed by atoms with Crippen molar-refractivity contribution in [2.75, 3.05) is 0 Å². The Kier molecular flexibility index (Phi) is 2.95. The van der Waals surface area contributed by atoms with E-state index in [-0.39, 0.29) is 0 Å². The van der Waals surface area contributed by atoms with Crippen LogP contribution in [-0.2, 0) is 0 Å². The molecule has 0 spiro atoms. The van der Waals surface area contributed by atoms with Gasteiger partial charge in [0, 0.05) is 31.5 Å². The minimum Gasteiger partial charge on any atom is -0.146 e. The number of hydrogen-bond acceptors (Lipinski definition) is 5. The standard InChI is InChI=1S/C18H18S5/c1-3-9-15-13-7(1)19-8-2-4-10-16(14(8)13)18-12(23-21-10)6-5-11(17(15)18)22-20-9/h7-12H,1-6H2. The SMILES string of the molecule is C1CC2SSC3CCC4SC5CCC6SSC1c1c2c3c4c5c16. The van der Waals surface area contributed by atoms with E-state index < -0.39 is 0 Å². The normalized spacial score (nSPS) is 44.3. The summed E-state index contributed by atoms with van der Waals surface area (Å²) in [6, 6.07) is 0. The molecule has 1 aromatic carbocycles. The summed E-state index contributed by atoms with van der Waals surface area (Å²) in [5.41, 5.74) is 11.3. The van der Waals surface area contributed by atoms with Crippen molar-refractivity contribution in [2.45, 2.75) is 70.0 Å². The van der Waals surface area contributed by atoms with Crippen LogP contribution in [0.5, 0.6) is 0 Å². The summed E-state index contributed by atoms with van der Waals surface area (Å²) in [6.45, 7) is 0. The first-order chi connectivity index (χ1) is 11.4. The lowest BCUT2D eigenvalue weighted by molar-refractivity contribution is 0.591. The van der Waals surface area contributed by atoms with Crippen molar-refractivity contribution < 1.29 is 0 Å². The Labute approximate surface area is 157 Å². The minimum atomic E-state index is 0.813. The molecule has 23 heavy (non-hydrogen) atoms. The molecule has 0 saturated carbocycles. The van der Waals surface area contributed by atoms with Crippen LogP contribution in [0.4, 0.5) is 0 Å². The van der Waals surface area contributed by atoms with Gasteiger partial charge in [0.25, 0.3) is 0 Å². The first kappa shape index (κ1) is 14.1. The molecule has 3 aliphatic heterocycles. The summed E-state index contributed by atoms with van der Waals surface area (Å²) in [6.07, 6.45) is 8.60. The van der Waals surface area contributed by atoms with E-state index in [0.717, 1.165) is 31.5 Å². The van der Waals surface area contributed by atoms with Gasteiger partial charge in [0.2, 0.25) is 0 Å². The Morgan fingerprint density at radius 3 is 1.00 bits per heavy atom. The van der Waals surface area contributed by atoms with E-state index in [2.05, 4.69) is 54.9 Å². The van der Waals surface area contributed by atoms with E-state index >= 15 is 0 Å². The van der Waals surface area contributed by atoms with Crippen LogP contribution in [0.15, 0.2) is 0 Å². The predicted octanol–water partition coefficient (Wildman–Crippen LogP) is 7.85. The smallest absolute Gasteiger partial charge is 0.0408 e. The molecule has 3 heterocycles. The van der Waals surface area contributed by atoms with Crippen molar-refractivity contribution in [2.24, 2.45) is 0 Å². The highest BCUT2D eigenvalue weighted by molar-refractivity contribution is 8.77. The maximum atomic E-state index is 2.35. The van der Waals surface area contributed by atoms with Gasteiger partial charge in [0.15, 0.2) is 0 Å². The van der Waals surface area contributed by atoms with Crippen LogP contribution in [-0.4, -0.2) is 0 Å². The van der Waals surface area contributed by atoms with Crippen LogP contribution in [0.25, 0.3) is 0 Å². The van der Waals surface area contributed by atoms with Gasteiger partial charge in [-0.05, 0) is 71.9 Å². The number of hydrogen-bond donors (Lipinski definition) is 0. The fourth-order valence-corrected chi connectivity index (χ4v) is 14.4. The summed E-state index contributed by atoms with van der Waals surface area (Å²) in [4.78, 5) is 0. The van der Waals surface area contributed by atoms with Crippen LogP contribution >= 0.6 is 54.9 Å². The first-order valence-electron chi connectivity index (χ1n) is 8.93. The highest BCUT2D eigenvalue weighted by atomic mass is 33.1. The third kappa shape index (κ3) is 1.66. The lowest BCUT2D eigenvalue weighted by Gasteiger charge is -2.47. The summed E-state index contributed by atoms with van der Waals surface area (Å²) in [7, 11) is 8.93. The zero-order valence-corrected chi connectivity index (χ0v) is 16.8. The summed E-state index contributed by atoms with van der Waals surface area (Å²) in [5.74, 6) is 0. The molecule has 0 N–H and O–H groups in total. The van der Waals surface area contributed by atoms with E-state index in [4.69, 9.17) is 0 Å². The van der Waals surface area contributed by atoms with Gasteiger partial charge in [-0.1, -0.05) is 43.2 Å². The topological polar surface area (TPSA) is 0 Å². The molecule has 0 nitrogen and oxygen atoms in total. The maximum absolute atomic E-state index is 2.35. The highest BCUT2D eigenvalue weighted by Crippen LogP contribution is 2.75. The molecule has 0 bridgehead atoms. The molecule has 0 fully saturated rings. The molecule has 6 unspecified atom stereocenters. The summed E-state index contributed by atoms with van der Waals surface area (Å²) < 4.78 is 0. The average Bonchev–Trinajstić information content (AvgIpc) is 2.99. The van der Waals surface area contributed by atoms with Crippen LogP contribution in [0.2, 0.25) is 0 Å². The Morgan fingerprint density at radius 1 is 0.391 bits per heavy atom. The fourth-order valence-electron chi connectivity index (χ4n) is 5.85. The van der Waals surface area contributed by atoms with Gasteiger partial charge in [0.05, 0.1) is 0 Å². The molecule has 6 aliphatic rings. The highest BCUT2D eigenvalue weighted by Gasteiger charge is 2.51. The number of thioether (sulfide) groups is 1. The van der Waals surface area contributed by atoms with Crippen molar-refractivity contribution in [3.63, 3.8) is 0 Å². The monoisotopic (exact) mass is 394 g/mol. The van der Waals surface area contributed by atoms with E-state index in [9.17, 15) is 0 Å². The Hall–Kier alpha value is 0.970. The van der Waals surface area contributed by atoms with Crippen molar-refractivity contribution in [1.82, 2.24) is 0 Å². The van der Waals surface area contributed by atoms with E-state index in [1.54, 1.807) is 0 Å². The Morgan fingerprint density at radius 2 is 0.652 bits per heavy atom. The Balaban J connectivity index is 1.65. The molecule has 120 valence electrons. The van der Waals surface area contributed by atoms with Gasteiger partial charge >= 0.3 is 0 Å². The van der Waals surface area contributed by atoms with Gasteiger partial charge in [-0.15, -0.1) is 11.8 Å². The number of benzene rings is 1. The minimum absolute atomic E-state index is 0.813. The quantitative estimate of drug-likeness (QED) is 0.409. The molecule has 6 atom stereocenters. The second-order valence-corrected chi connectivity index (χ2v) is 14.4. The van der Waals surface area contributed by atoms with E-state index in [1.165, 1.54) is 38.5 Å². The first-order valence-corrected chi connectivity index (χ1v) is 14.4.